The second-order valence-electron chi connectivity index (χ2n) is 5.31. The van der Waals surface area contributed by atoms with Crippen molar-refractivity contribution in [3.05, 3.63) is 34.3 Å². The predicted molar refractivity (Wildman–Crippen MR) is 69.3 cm³/mol. The van der Waals surface area contributed by atoms with E-state index in [1.54, 1.807) is 0 Å². The van der Waals surface area contributed by atoms with Gasteiger partial charge in [-0.1, -0.05) is 23.7 Å². The molecule has 2 fully saturated rings. The van der Waals surface area contributed by atoms with Crippen LogP contribution in [0.5, 0.6) is 0 Å². The number of benzene rings is 1. The molecule has 1 heterocycles. The Hall–Kier alpha value is -0.570. The molecular formula is C14H18ClNO. The molecule has 0 radical (unpaired) electrons. The van der Waals surface area contributed by atoms with E-state index in [0.29, 0.717) is 5.92 Å². The molecule has 3 rings (SSSR count). The molecule has 1 atom stereocenters. The summed E-state index contributed by atoms with van der Waals surface area (Å²) in [4.78, 5) is 0. The molecule has 92 valence electrons. The van der Waals surface area contributed by atoms with E-state index in [2.05, 4.69) is 18.2 Å². The van der Waals surface area contributed by atoms with Gasteiger partial charge in [-0.3, -0.25) is 0 Å². The molecule has 0 spiro atoms. The van der Waals surface area contributed by atoms with E-state index in [1.807, 2.05) is 0 Å². The summed E-state index contributed by atoms with van der Waals surface area (Å²) in [5.74, 6) is 0.465. The largest absolute Gasteiger partial charge is 0.381 e. The van der Waals surface area contributed by atoms with Crippen LogP contribution in [0.1, 0.15) is 42.7 Å². The highest BCUT2D eigenvalue weighted by molar-refractivity contribution is 6.31. The normalized spacial score (nSPS) is 26.8. The quantitative estimate of drug-likeness (QED) is 0.876. The highest BCUT2D eigenvalue weighted by Crippen LogP contribution is 2.41. The number of hydrogen-bond donors (Lipinski definition) is 1. The maximum atomic E-state index is 6.39. The van der Waals surface area contributed by atoms with Crippen molar-refractivity contribution in [3.8, 4) is 0 Å². The first kappa shape index (κ1) is 11.5. The first-order chi connectivity index (χ1) is 8.19. The maximum Gasteiger partial charge on any atom is 0.0536 e. The molecule has 0 bridgehead atoms. The zero-order valence-corrected chi connectivity index (χ0v) is 10.7. The van der Waals surface area contributed by atoms with Crippen molar-refractivity contribution in [1.29, 1.82) is 0 Å². The van der Waals surface area contributed by atoms with E-state index in [-0.39, 0.29) is 5.54 Å². The number of hydrogen-bond acceptors (Lipinski definition) is 2. The Labute approximate surface area is 107 Å². The van der Waals surface area contributed by atoms with Gasteiger partial charge in [0.1, 0.15) is 0 Å². The van der Waals surface area contributed by atoms with Crippen molar-refractivity contribution >= 4 is 11.6 Å². The lowest BCUT2D eigenvalue weighted by Gasteiger charge is -2.39. The van der Waals surface area contributed by atoms with E-state index in [1.165, 1.54) is 17.5 Å². The van der Waals surface area contributed by atoms with Gasteiger partial charge in [-0.15, -0.1) is 0 Å². The van der Waals surface area contributed by atoms with Crippen molar-refractivity contribution in [2.45, 2.75) is 37.1 Å². The van der Waals surface area contributed by atoms with Gasteiger partial charge in [-0.2, -0.15) is 0 Å². The zero-order chi connectivity index (χ0) is 11.9. The summed E-state index contributed by atoms with van der Waals surface area (Å²) in [5, 5.41) is 0.856. The minimum Gasteiger partial charge on any atom is -0.381 e. The summed E-state index contributed by atoms with van der Waals surface area (Å²) in [6.07, 6.45) is 4.46. The maximum absolute atomic E-state index is 6.39. The summed E-state index contributed by atoms with van der Waals surface area (Å²) >= 11 is 6.39. The molecule has 1 saturated carbocycles. The van der Waals surface area contributed by atoms with Crippen molar-refractivity contribution in [3.63, 3.8) is 0 Å². The molecule has 1 aromatic carbocycles. The lowest BCUT2D eigenvalue weighted by atomic mass is 9.72. The number of nitrogens with two attached hydrogens (primary N) is 1. The number of halogens is 1. The van der Waals surface area contributed by atoms with Crippen LogP contribution in [0.2, 0.25) is 5.02 Å². The van der Waals surface area contributed by atoms with Crippen LogP contribution in [0.15, 0.2) is 18.2 Å². The van der Waals surface area contributed by atoms with Gasteiger partial charge in [0.2, 0.25) is 0 Å². The molecule has 17 heavy (non-hydrogen) atoms. The molecule has 2 N–H and O–H groups in total. The standard InChI is InChI=1S/C14H18ClNO/c15-13-8-11(14(16)5-1-6-14)2-3-12(13)10-4-7-17-9-10/h2-3,8,10H,1,4-7,9,16H2. The number of ether oxygens (including phenoxy) is 1. The smallest absolute Gasteiger partial charge is 0.0536 e. The van der Waals surface area contributed by atoms with Crippen LogP contribution in [-0.2, 0) is 10.3 Å². The van der Waals surface area contributed by atoms with E-state index in [4.69, 9.17) is 22.1 Å². The average Bonchev–Trinajstić information content (AvgIpc) is 2.79. The molecule has 1 saturated heterocycles. The summed E-state index contributed by atoms with van der Waals surface area (Å²) in [5.41, 5.74) is 8.61. The van der Waals surface area contributed by atoms with Gasteiger partial charge in [-0.25, -0.2) is 0 Å². The van der Waals surface area contributed by atoms with Gasteiger partial charge in [0.25, 0.3) is 0 Å². The fourth-order valence-corrected chi connectivity index (χ4v) is 3.13. The lowest BCUT2D eigenvalue weighted by molar-refractivity contribution is 0.194. The Balaban J connectivity index is 1.88. The topological polar surface area (TPSA) is 35.2 Å². The van der Waals surface area contributed by atoms with E-state index >= 15 is 0 Å². The van der Waals surface area contributed by atoms with E-state index in [9.17, 15) is 0 Å². The molecule has 1 aromatic rings. The summed E-state index contributed by atoms with van der Waals surface area (Å²) in [6.45, 7) is 1.65. The fourth-order valence-electron chi connectivity index (χ4n) is 2.79. The van der Waals surface area contributed by atoms with Crippen molar-refractivity contribution in [2.75, 3.05) is 13.2 Å². The SMILES string of the molecule is NC1(c2ccc(C3CCOC3)c(Cl)c2)CCC1. The van der Waals surface area contributed by atoms with Gasteiger partial charge >= 0.3 is 0 Å². The third-order valence-electron chi connectivity index (χ3n) is 4.19. The molecule has 1 aliphatic carbocycles. The third kappa shape index (κ3) is 1.99. The molecule has 1 unspecified atom stereocenters. The third-order valence-corrected chi connectivity index (χ3v) is 4.52. The zero-order valence-electron chi connectivity index (χ0n) is 9.92. The van der Waals surface area contributed by atoms with E-state index in [0.717, 1.165) is 37.5 Å². The highest BCUT2D eigenvalue weighted by Gasteiger charge is 2.34. The van der Waals surface area contributed by atoms with E-state index < -0.39 is 0 Å². The summed E-state index contributed by atoms with van der Waals surface area (Å²) in [6, 6.07) is 6.36. The average molecular weight is 252 g/mol. The van der Waals surface area contributed by atoms with Gasteiger partial charge in [0.15, 0.2) is 0 Å². The Morgan fingerprint density at radius 1 is 1.35 bits per heavy atom. The Morgan fingerprint density at radius 3 is 2.71 bits per heavy atom. The molecule has 1 aliphatic heterocycles. The molecule has 2 nitrogen and oxygen atoms in total. The second-order valence-corrected chi connectivity index (χ2v) is 5.71. The molecule has 0 amide bonds. The van der Waals surface area contributed by atoms with Crippen LogP contribution in [0.4, 0.5) is 0 Å². The van der Waals surface area contributed by atoms with Gasteiger partial charge in [0.05, 0.1) is 6.61 Å². The summed E-state index contributed by atoms with van der Waals surface area (Å²) in [7, 11) is 0. The van der Waals surface area contributed by atoms with Gasteiger partial charge < -0.3 is 10.5 Å². The first-order valence-electron chi connectivity index (χ1n) is 6.36. The van der Waals surface area contributed by atoms with Gasteiger partial charge in [-0.05, 0) is 42.9 Å². The van der Waals surface area contributed by atoms with Crippen LogP contribution in [0.3, 0.4) is 0 Å². The molecule has 3 heteroatoms. The minimum atomic E-state index is -0.117. The van der Waals surface area contributed by atoms with Crippen LogP contribution in [0, 0.1) is 0 Å². The summed E-state index contributed by atoms with van der Waals surface area (Å²) < 4.78 is 5.41. The Kier molecular flexibility index (Phi) is 2.89. The van der Waals surface area contributed by atoms with Crippen LogP contribution in [-0.4, -0.2) is 13.2 Å². The van der Waals surface area contributed by atoms with Crippen molar-refractivity contribution in [2.24, 2.45) is 5.73 Å². The lowest BCUT2D eigenvalue weighted by Crippen LogP contribution is -2.43. The highest BCUT2D eigenvalue weighted by atomic mass is 35.5. The van der Waals surface area contributed by atoms with Crippen LogP contribution >= 0.6 is 11.6 Å². The molecule has 2 aliphatic rings. The monoisotopic (exact) mass is 251 g/mol. The molecular weight excluding hydrogens is 234 g/mol. The van der Waals surface area contributed by atoms with Crippen molar-refractivity contribution in [1.82, 2.24) is 0 Å². The van der Waals surface area contributed by atoms with Crippen LogP contribution in [0.25, 0.3) is 0 Å². The Bertz CT molecular complexity index is 422. The van der Waals surface area contributed by atoms with Crippen molar-refractivity contribution < 1.29 is 4.74 Å². The van der Waals surface area contributed by atoms with Crippen LogP contribution < -0.4 is 5.73 Å². The fraction of sp³-hybridized carbons (Fsp3) is 0.571. The predicted octanol–water partition coefficient (Wildman–Crippen LogP) is 3.18. The minimum absolute atomic E-state index is 0.117. The second kappa shape index (κ2) is 4.27. The number of rotatable bonds is 2. The van der Waals surface area contributed by atoms with Gasteiger partial charge in [0, 0.05) is 23.1 Å². The molecule has 0 aromatic heterocycles. The first-order valence-corrected chi connectivity index (χ1v) is 6.73. The Morgan fingerprint density at radius 2 is 2.18 bits per heavy atom.